The van der Waals surface area contributed by atoms with Gasteiger partial charge < -0.3 is 29.7 Å². The van der Waals surface area contributed by atoms with Gasteiger partial charge in [-0.3, -0.25) is 4.79 Å². The monoisotopic (exact) mass is 467 g/mol. The molecule has 3 amide bonds. The Kier molecular flexibility index (Phi) is 7.78. The van der Waals surface area contributed by atoms with Crippen molar-refractivity contribution >= 4 is 11.9 Å². The topological polar surface area (TPSA) is 91.3 Å². The number of carbonyl (C=O) groups excluding carboxylic acids is 2. The first-order chi connectivity index (χ1) is 15.6. The number of aliphatic hydroxyl groups excluding tert-OH is 1. The molecule has 1 saturated carbocycles. The van der Waals surface area contributed by atoms with Crippen molar-refractivity contribution in [2.75, 3.05) is 26.8 Å². The van der Waals surface area contributed by atoms with Crippen molar-refractivity contribution in [3.05, 3.63) is 41.4 Å². The highest BCUT2D eigenvalue weighted by Crippen LogP contribution is 2.33. The van der Waals surface area contributed by atoms with Gasteiger partial charge in [-0.25, -0.2) is 9.18 Å². The van der Waals surface area contributed by atoms with Crippen LogP contribution in [0.5, 0.6) is 5.75 Å². The zero-order chi connectivity index (χ0) is 24.2. The summed E-state index contributed by atoms with van der Waals surface area (Å²) in [7, 11) is 1.51. The molecule has 2 N–H and O–H groups in total. The molecule has 2 fully saturated rings. The molecular formula is C23H31F2N3O5. The fourth-order valence-corrected chi connectivity index (χ4v) is 3.98. The van der Waals surface area contributed by atoms with Gasteiger partial charge in [0.15, 0.2) is 0 Å². The van der Waals surface area contributed by atoms with Crippen molar-refractivity contribution in [1.29, 1.82) is 0 Å². The number of hydrogen-bond donors (Lipinski definition) is 2. The van der Waals surface area contributed by atoms with Gasteiger partial charge in [0.05, 0.1) is 19.4 Å². The number of nitrogens with one attached hydrogen (secondary N) is 1. The molecule has 8 nitrogen and oxygen atoms in total. The van der Waals surface area contributed by atoms with Crippen LogP contribution in [0.15, 0.2) is 30.0 Å². The van der Waals surface area contributed by atoms with Crippen LogP contribution in [0.25, 0.3) is 0 Å². The van der Waals surface area contributed by atoms with Gasteiger partial charge in [0, 0.05) is 51.2 Å². The maximum absolute atomic E-state index is 14.5. The molecule has 182 valence electrons. The SMILES string of the molecule is CO/C=C1\CC(N(C(=O)NCc2ccc(OC(C)(C)F)cc2F)C2CC2)CN(C(=O)CO)C1. The number of nitrogens with zero attached hydrogens (tertiary/aromatic N) is 2. The third-order valence-corrected chi connectivity index (χ3v) is 5.48. The molecule has 0 radical (unpaired) electrons. The molecule has 33 heavy (non-hydrogen) atoms. The summed E-state index contributed by atoms with van der Waals surface area (Å²) in [5.74, 6) is -2.91. The molecule has 1 heterocycles. The Bertz CT molecular complexity index is 899. The van der Waals surface area contributed by atoms with E-state index in [9.17, 15) is 23.5 Å². The van der Waals surface area contributed by atoms with Crippen molar-refractivity contribution in [3.63, 3.8) is 0 Å². The lowest BCUT2D eigenvalue weighted by molar-refractivity contribution is -0.135. The number of likely N-dealkylation sites (tertiary alicyclic amines) is 1. The van der Waals surface area contributed by atoms with Gasteiger partial charge in [-0.05, 0) is 30.9 Å². The molecule has 0 spiro atoms. The largest absolute Gasteiger partial charge is 0.504 e. The van der Waals surface area contributed by atoms with Gasteiger partial charge in [-0.1, -0.05) is 6.07 Å². The summed E-state index contributed by atoms with van der Waals surface area (Å²) < 4.78 is 38.2. The molecule has 1 atom stereocenters. The zero-order valence-electron chi connectivity index (χ0n) is 19.1. The van der Waals surface area contributed by atoms with Crippen molar-refractivity contribution in [2.24, 2.45) is 0 Å². The summed E-state index contributed by atoms with van der Waals surface area (Å²) in [4.78, 5) is 28.4. The van der Waals surface area contributed by atoms with Gasteiger partial charge in [-0.15, -0.1) is 0 Å². The highest BCUT2D eigenvalue weighted by atomic mass is 19.2. The molecule has 2 aliphatic rings. The molecule has 1 aliphatic heterocycles. The number of aliphatic hydroxyl groups is 1. The van der Waals surface area contributed by atoms with Crippen LogP contribution in [0.3, 0.4) is 0 Å². The number of alkyl halides is 1. The number of rotatable bonds is 8. The number of hydrogen-bond acceptors (Lipinski definition) is 5. The summed E-state index contributed by atoms with van der Waals surface area (Å²) in [6.45, 7) is 2.41. The third-order valence-electron chi connectivity index (χ3n) is 5.48. The van der Waals surface area contributed by atoms with Crippen LogP contribution in [0.1, 0.15) is 38.7 Å². The second-order valence-electron chi connectivity index (χ2n) is 8.82. The fraction of sp³-hybridized carbons (Fsp3) is 0.565. The molecule has 1 aromatic carbocycles. The zero-order valence-corrected chi connectivity index (χ0v) is 19.1. The molecule has 10 heteroatoms. The Morgan fingerprint density at radius 2 is 2.06 bits per heavy atom. The number of halogens is 2. The predicted octanol–water partition coefficient (Wildman–Crippen LogP) is 2.71. The smallest absolute Gasteiger partial charge is 0.318 e. The highest BCUT2D eigenvalue weighted by Gasteiger charge is 2.40. The molecule has 0 bridgehead atoms. The minimum Gasteiger partial charge on any atom is -0.504 e. The summed E-state index contributed by atoms with van der Waals surface area (Å²) in [5.41, 5.74) is 1.08. The van der Waals surface area contributed by atoms with Crippen molar-refractivity contribution in [1.82, 2.24) is 15.1 Å². The summed E-state index contributed by atoms with van der Waals surface area (Å²) >= 11 is 0. The number of amides is 3. The molecule has 1 aliphatic carbocycles. The lowest BCUT2D eigenvalue weighted by Crippen LogP contribution is -2.55. The van der Waals surface area contributed by atoms with Crippen molar-refractivity contribution < 1.29 is 33.0 Å². The second kappa shape index (κ2) is 10.4. The number of methoxy groups -OCH3 is 1. The van der Waals surface area contributed by atoms with Crippen molar-refractivity contribution in [2.45, 2.75) is 57.6 Å². The number of urea groups is 1. The lowest BCUT2D eigenvalue weighted by atomic mass is 9.99. The minimum atomic E-state index is -1.94. The summed E-state index contributed by atoms with van der Waals surface area (Å²) in [6, 6.07) is 3.36. The van der Waals surface area contributed by atoms with E-state index in [0.29, 0.717) is 19.5 Å². The molecule has 1 saturated heterocycles. The first-order valence-corrected chi connectivity index (χ1v) is 10.9. The van der Waals surface area contributed by atoms with Crippen LogP contribution in [0, 0.1) is 5.82 Å². The number of carbonyl (C=O) groups is 2. The summed E-state index contributed by atoms with van der Waals surface area (Å²) in [5, 5.41) is 12.0. The van der Waals surface area contributed by atoms with Gasteiger partial charge in [0.1, 0.15) is 18.2 Å². The van der Waals surface area contributed by atoms with E-state index in [1.54, 1.807) is 11.2 Å². The Morgan fingerprint density at radius 1 is 1.33 bits per heavy atom. The highest BCUT2D eigenvalue weighted by molar-refractivity contribution is 5.78. The third kappa shape index (κ3) is 6.80. The number of piperidine rings is 1. The van der Waals surface area contributed by atoms with Gasteiger partial charge in [-0.2, -0.15) is 4.39 Å². The average Bonchev–Trinajstić information content (AvgIpc) is 3.56. The van der Waals surface area contributed by atoms with Crippen LogP contribution in [0.2, 0.25) is 0 Å². The lowest BCUT2D eigenvalue weighted by Gasteiger charge is -2.40. The first-order valence-electron chi connectivity index (χ1n) is 10.9. The maximum Gasteiger partial charge on any atom is 0.318 e. The fourth-order valence-electron chi connectivity index (χ4n) is 3.98. The number of ether oxygens (including phenoxy) is 2. The molecule has 1 unspecified atom stereocenters. The molecular weight excluding hydrogens is 436 g/mol. The number of benzene rings is 1. The van der Waals surface area contributed by atoms with E-state index in [4.69, 9.17) is 9.47 Å². The molecule has 1 aromatic rings. The van der Waals surface area contributed by atoms with Gasteiger partial charge >= 0.3 is 6.03 Å². The van der Waals surface area contributed by atoms with E-state index in [-0.39, 0.29) is 36.0 Å². The average molecular weight is 468 g/mol. The second-order valence-corrected chi connectivity index (χ2v) is 8.82. The van der Waals surface area contributed by atoms with E-state index in [1.807, 2.05) is 0 Å². The Labute approximate surface area is 192 Å². The van der Waals surface area contributed by atoms with Crippen molar-refractivity contribution in [3.8, 4) is 5.75 Å². The van der Waals surface area contributed by atoms with Crippen LogP contribution < -0.4 is 10.1 Å². The first kappa shape index (κ1) is 24.8. The predicted molar refractivity (Wildman–Crippen MR) is 116 cm³/mol. The maximum atomic E-state index is 14.5. The van der Waals surface area contributed by atoms with E-state index in [1.165, 1.54) is 38.0 Å². The van der Waals surface area contributed by atoms with E-state index >= 15 is 0 Å². The Morgan fingerprint density at radius 3 is 2.64 bits per heavy atom. The quantitative estimate of drug-likeness (QED) is 0.574. The van der Waals surface area contributed by atoms with Gasteiger partial charge in [0.2, 0.25) is 11.8 Å². The Balaban J connectivity index is 1.69. The van der Waals surface area contributed by atoms with Crippen LogP contribution in [0.4, 0.5) is 13.6 Å². The van der Waals surface area contributed by atoms with E-state index < -0.39 is 24.2 Å². The van der Waals surface area contributed by atoms with Gasteiger partial charge in [0.25, 0.3) is 0 Å². The summed E-state index contributed by atoms with van der Waals surface area (Å²) in [6.07, 6.45) is 3.79. The standard InChI is InChI=1S/C23H31F2N3O5/c1-23(2,25)33-19-7-4-16(20(24)9-19)10-26-22(31)28(17-5-6-17)18-8-15(14-32-3)11-27(12-18)21(30)13-29/h4,7,9,14,17-18,29H,5-6,8,10-13H2,1-3H3,(H,26,31)/b15-14+. The van der Waals surface area contributed by atoms with Crippen LogP contribution in [-0.2, 0) is 16.1 Å². The van der Waals surface area contributed by atoms with E-state index in [0.717, 1.165) is 24.5 Å². The van der Waals surface area contributed by atoms with Crippen LogP contribution in [-0.4, -0.2) is 71.6 Å². The molecule has 0 aromatic heterocycles. The van der Waals surface area contributed by atoms with E-state index in [2.05, 4.69) is 5.32 Å². The van der Waals surface area contributed by atoms with Crippen LogP contribution >= 0.6 is 0 Å². The molecule has 3 rings (SSSR count). The normalized spacial score (nSPS) is 19.9. The minimum absolute atomic E-state index is 0.0374. The Hall–Kier alpha value is -2.88.